The lowest BCUT2D eigenvalue weighted by Crippen LogP contribution is -2.30. The smallest absolute Gasteiger partial charge is 0.344 e. The van der Waals surface area contributed by atoms with Crippen molar-refractivity contribution in [3.63, 3.8) is 0 Å². The molecule has 2 aromatic carbocycles. The molecule has 0 saturated heterocycles. The van der Waals surface area contributed by atoms with Crippen LogP contribution in [0, 0.1) is 10.1 Å². The van der Waals surface area contributed by atoms with Crippen LogP contribution >= 0.6 is 11.6 Å². The van der Waals surface area contributed by atoms with Crippen LogP contribution in [0.2, 0.25) is 5.02 Å². The van der Waals surface area contributed by atoms with Crippen LogP contribution in [-0.2, 0) is 10.3 Å². The Morgan fingerprint density at radius 2 is 2.08 bits per heavy atom. The van der Waals surface area contributed by atoms with Gasteiger partial charge in [0.1, 0.15) is 11.2 Å². The summed E-state index contributed by atoms with van der Waals surface area (Å²) in [5, 5.41) is 25.1. The molecule has 0 bridgehead atoms. The summed E-state index contributed by atoms with van der Waals surface area (Å²) in [6.45, 7) is 1.71. The lowest BCUT2D eigenvalue weighted by molar-refractivity contribution is -0.385. The fraction of sp³-hybridized carbons (Fsp3) is 0.235. The minimum atomic E-state index is -1.24. The molecule has 2 N–H and O–H groups in total. The molecule has 25 heavy (non-hydrogen) atoms. The molecule has 0 radical (unpaired) electrons. The SMILES string of the molecule is COC(=O)c1cc(NCC(C)(O)c2cccc(Cl)c2)ccc1[N+](=O)[O-]. The zero-order valence-corrected chi connectivity index (χ0v) is 14.4. The minimum Gasteiger partial charge on any atom is -0.465 e. The average Bonchev–Trinajstić information content (AvgIpc) is 2.59. The number of nitrogens with zero attached hydrogens (tertiary/aromatic N) is 1. The van der Waals surface area contributed by atoms with Crippen molar-refractivity contribution in [3.8, 4) is 0 Å². The molecule has 7 nitrogen and oxygen atoms in total. The maximum atomic E-state index is 11.7. The first kappa shape index (κ1) is 18.7. The number of rotatable bonds is 6. The van der Waals surface area contributed by atoms with Crippen LogP contribution in [0.4, 0.5) is 11.4 Å². The van der Waals surface area contributed by atoms with E-state index in [0.717, 1.165) is 7.11 Å². The van der Waals surface area contributed by atoms with Crippen molar-refractivity contribution in [1.82, 2.24) is 0 Å². The van der Waals surface area contributed by atoms with Gasteiger partial charge in [-0.15, -0.1) is 0 Å². The number of nitro benzene ring substituents is 1. The van der Waals surface area contributed by atoms with Gasteiger partial charge in [-0.05, 0) is 36.8 Å². The van der Waals surface area contributed by atoms with Crippen LogP contribution in [0.25, 0.3) is 0 Å². The number of esters is 1. The summed E-state index contributed by atoms with van der Waals surface area (Å²) in [5.41, 5.74) is -0.701. The number of aliphatic hydroxyl groups is 1. The fourth-order valence-electron chi connectivity index (χ4n) is 2.28. The molecular weight excluding hydrogens is 348 g/mol. The largest absolute Gasteiger partial charge is 0.465 e. The van der Waals surface area contributed by atoms with Gasteiger partial charge in [-0.25, -0.2) is 4.79 Å². The number of anilines is 1. The molecule has 1 unspecified atom stereocenters. The first-order valence-electron chi connectivity index (χ1n) is 7.33. The average molecular weight is 365 g/mol. The van der Waals surface area contributed by atoms with E-state index < -0.39 is 16.5 Å². The number of hydrogen-bond donors (Lipinski definition) is 2. The summed E-state index contributed by atoms with van der Waals surface area (Å²) in [6.07, 6.45) is 0. The molecule has 1 atom stereocenters. The number of nitrogens with one attached hydrogen (secondary N) is 1. The Hall–Kier alpha value is -2.64. The molecule has 0 heterocycles. The maximum absolute atomic E-state index is 11.7. The van der Waals surface area contributed by atoms with Crippen molar-refractivity contribution in [2.75, 3.05) is 19.0 Å². The Balaban J connectivity index is 2.23. The highest BCUT2D eigenvalue weighted by molar-refractivity contribution is 6.30. The first-order valence-corrected chi connectivity index (χ1v) is 7.71. The van der Waals surface area contributed by atoms with Gasteiger partial charge in [0.2, 0.25) is 0 Å². The van der Waals surface area contributed by atoms with E-state index in [9.17, 15) is 20.0 Å². The summed E-state index contributed by atoms with van der Waals surface area (Å²) in [5.74, 6) is -0.808. The standard InChI is InChI=1S/C17H17ClN2O5/c1-17(22,11-4-3-5-12(18)8-11)10-19-13-6-7-15(20(23)24)14(9-13)16(21)25-2/h3-9,19,22H,10H2,1-2H3. The van der Waals surface area contributed by atoms with Gasteiger partial charge in [-0.2, -0.15) is 0 Å². The molecule has 2 aromatic rings. The third kappa shape index (κ3) is 4.46. The zero-order chi connectivity index (χ0) is 18.6. The first-order chi connectivity index (χ1) is 11.7. The third-order valence-electron chi connectivity index (χ3n) is 3.68. The van der Waals surface area contributed by atoms with Crippen molar-refractivity contribution in [3.05, 3.63) is 68.7 Å². The van der Waals surface area contributed by atoms with E-state index >= 15 is 0 Å². The Morgan fingerprint density at radius 1 is 1.36 bits per heavy atom. The number of hydrogen-bond acceptors (Lipinski definition) is 6. The van der Waals surface area contributed by atoms with Crippen LogP contribution in [0.5, 0.6) is 0 Å². The third-order valence-corrected chi connectivity index (χ3v) is 3.92. The van der Waals surface area contributed by atoms with E-state index in [2.05, 4.69) is 10.1 Å². The van der Waals surface area contributed by atoms with Crippen LogP contribution in [0.15, 0.2) is 42.5 Å². The van der Waals surface area contributed by atoms with Crippen LogP contribution in [-0.4, -0.2) is 29.7 Å². The molecule has 8 heteroatoms. The number of carbonyl (C=O) groups excluding carboxylic acids is 1. The number of halogens is 1. The molecule has 0 aromatic heterocycles. The topological polar surface area (TPSA) is 102 Å². The highest BCUT2D eigenvalue weighted by atomic mass is 35.5. The number of benzene rings is 2. The number of nitro groups is 1. The lowest BCUT2D eigenvalue weighted by Gasteiger charge is -2.25. The summed E-state index contributed by atoms with van der Waals surface area (Å²) < 4.78 is 4.57. The van der Waals surface area contributed by atoms with Crippen molar-refractivity contribution in [2.45, 2.75) is 12.5 Å². The molecule has 132 valence electrons. The van der Waals surface area contributed by atoms with Gasteiger partial charge in [0, 0.05) is 23.3 Å². The number of ether oxygens (including phenoxy) is 1. The maximum Gasteiger partial charge on any atom is 0.344 e. The van der Waals surface area contributed by atoms with Gasteiger partial charge in [0.05, 0.1) is 12.0 Å². The van der Waals surface area contributed by atoms with E-state index in [1.165, 1.54) is 18.2 Å². The van der Waals surface area contributed by atoms with Crippen molar-refractivity contribution < 1.29 is 19.6 Å². The lowest BCUT2D eigenvalue weighted by atomic mass is 9.96. The molecular formula is C17H17ClN2O5. The van der Waals surface area contributed by atoms with E-state index in [4.69, 9.17) is 11.6 Å². The molecule has 0 saturated carbocycles. The molecule has 0 spiro atoms. The van der Waals surface area contributed by atoms with E-state index in [1.807, 2.05) is 0 Å². The van der Waals surface area contributed by atoms with Crippen molar-refractivity contribution in [2.24, 2.45) is 0 Å². The van der Waals surface area contributed by atoms with E-state index in [-0.39, 0.29) is 17.8 Å². The van der Waals surface area contributed by atoms with Gasteiger partial charge in [0.15, 0.2) is 0 Å². The molecule has 0 aliphatic carbocycles. The molecule has 0 amide bonds. The van der Waals surface area contributed by atoms with E-state index in [1.54, 1.807) is 31.2 Å². The molecule has 0 aliphatic heterocycles. The van der Waals surface area contributed by atoms with Crippen molar-refractivity contribution in [1.29, 1.82) is 0 Å². The highest BCUT2D eigenvalue weighted by Gasteiger charge is 2.25. The fourth-order valence-corrected chi connectivity index (χ4v) is 2.47. The predicted molar refractivity (Wildman–Crippen MR) is 93.9 cm³/mol. The van der Waals surface area contributed by atoms with Gasteiger partial charge in [-0.3, -0.25) is 10.1 Å². The normalized spacial score (nSPS) is 13.0. The number of methoxy groups -OCH3 is 1. The molecule has 0 aliphatic rings. The summed E-state index contributed by atoms with van der Waals surface area (Å²) >= 11 is 5.94. The van der Waals surface area contributed by atoms with Gasteiger partial charge >= 0.3 is 5.97 Å². The summed E-state index contributed by atoms with van der Waals surface area (Å²) in [4.78, 5) is 22.1. The summed E-state index contributed by atoms with van der Waals surface area (Å²) in [6, 6.07) is 10.8. The predicted octanol–water partition coefficient (Wildman–Crippen LogP) is 3.35. The Labute approximate surface area is 149 Å². The second-order valence-corrected chi connectivity index (χ2v) is 6.05. The zero-order valence-electron chi connectivity index (χ0n) is 13.7. The van der Waals surface area contributed by atoms with Crippen LogP contribution in [0.3, 0.4) is 0 Å². The Kier molecular flexibility index (Phi) is 5.61. The van der Waals surface area contributed by atoms with Crippen molar-refractivity contribution >= 4 is 28.9 Å². The second-order valence-electron chi connectivity index (χ2n) is 5.62. The van der Waals surface area contributed by atoms with Gasteiger partial charge in [0.25, 0.3) is 5.69 Å². The van der Waals surface area contributed by atoms with E-state index in [0.29, 0.717) is 16.3 Å². The number of carbonyl (C=O) groups is 1. The minimum absolute atomic E-state index is 0.103. The Morgan fingerprint density at radius 3 is 2.68 bits per heavy atom. The van der Waals surface area contributed by atoms with Gasteiger partial charge < -0.3 is 15.2 Å². The Bertz CT molecular complexity index is 807. The second kappa shape index (κ2) is 7.50. The van der Waals surface area contributed by atoms with Gasteiger partial charge in [-0.1, -0.05) is 23.7 Å². The quantitative estimate of drug-likeness (QED) is 0.463. The summed E-state index contributed by atoms with van der Waals surface area (Å²) in [7, 11) is 1.15. The van der Waals surface area contributed by atoms with Crippen LogP contribution in [0.1, 0.15) is 22.8 Å². The van der Waals surface area contributed by atoms with Crippen LogP contribution < -0.4 is 5.32 Å². The molecule has 0 fully saturated rings. The molecule has 2 rings (SSSR count). The highest BCUT2D eigenvalue weighted by Crippen LogP contribution is 2.26. The monoisotopic (exact) mass is 364 g/mol.